The van der Waals surface area contributed by atoms with E-state index in [0.717, 1.165) is 6.42 Å². The molecule has 108 valence electrons. The fourth-order valence-corrected chi connectivity index (χ4v) is 4.00. The third kappa shape index (κ3) is 2.32. The van der Waals surface area contributed by atoms with Gasteiger partial charge in [0, 0.05) is 9.75 Å². The van der Waals surface area contributed by atoms with Gasteiger partial charge in [0.05, 0.1) is 0 Å². The Labute approximate surface area is 135 Å². The fourth-order valence-electron chi connectivity index (χ4n) is 3.12. The lowest BCUT2D eigenvalue weighted by molar-refractivity contribution is 1.33. The van der Waals surface area contributed by atoms with E-state index in [0.29, 0.717) is 0 Å². The highest BCUT2D eigenvalue weighted by Crippen LogP contribution is 2.39. The number of allylic oxidation sites excluding steroid dienone is 1. The monoisotopic (exact) mass is 302 g/mol. The summed E-state index contributed by atoms with van der Waals surface area (Å²) < 4.78 is 0. The van der Waals surface area contributed by atoms with Crippen LogP contribution in [0, 0.1) is 13.8 Å². The summed E-state index contributed by atoms with van der Waals surface area (Å²) in [5.74, 6) is 0. The van der Waals surface area contributed by atoms with Crippen molar-refractivity contribution in [2.45, 2.75) is 20.3 Å². The summed E-state index contributed by atoms with van der Waals surface area (Å²) in [5, 5.41) is 0. The Bertz CT molecular complexity index is 863. The van der Waals surface area contributed by atoms with E-state index in [2.05, 4.69) is 74.5 Å². The van der Waals surface area contributed by atoms with Crippen LogP contribution < -0.4 is 0 Å². The summed E-state index contributed by atoms with van der Waals surface area (Å²) in [5.41, 5.74) is 8.25. The molecule has 0 N–H and O–H groups in total. The smallest absolute Gasteiger partial charge is 0.0308 e. The van der Waals surface area contributed by atoms with Crippen molar-refractivity contribution >= 4 is 23.0 Å². The number of hydrogen-bond acceptors (Lipinski definition) is 1. The first-order valence-corrected chi connectivity index (χ1v) is 8.49. The van der Waals surface area contributed by atoms with Crippen molar-refractivity contribution in [2.75, 3.05) is 0 Å². The maximum Gasteiger partial charge on any atom is 0.0308 e. The second-order valence-electron chi connectivity index (χ2n) is 6.00. The van der Waals surface area contributed by atoms with E-state index in [4.69, 9.17) is 0 Å². The van der Waals surface area contributed by atoms with E-state index in [-0.39, 0.29) is 0 Å². The molecule has 2 aromatic carbocycles. The van der Waals surface area contributed by atoms with Crippen molar-refractivity contribution in [1.82, 2.24) is 0 Å². The molecule has 0 saturated heterocycles. The Balaban J connectivity index is 1.80. The van der Waals surface area contributed by atoms with Gasteiger partial charge in [-0.2, -0.15) is 0 Å². The van der Waals surface area contributed by atoms with Gasteiger partial charge in [0.25, 0.3) is 0 Å². The average Bonchev–Trinajstić information content (AvgIpc) is 3.13. The average molecular weight is 302 g/mol. The zero-order valence-electron chi connectivity index (χ0n) is 12.9. The van der Waals surface area contributed by atoms with Gasteiger partial charge in [-0.3, -0.25) is 0 Å². The molecule has 0 saturated carbocycles. The number of aryl methyl sites for hydroxylation is 2. The molecule has 22 heavy (non-hydrogen) atoms. The van der Waals surface area contributed by atoms with Gasteiger partial charge in [0.1, 0.15) is 0 Å². The van der Waals surface area contributed by atoms with Crippen molar-refractivity contribution in [1.29, 1.82) is 0 Å². The van der Waals surface area contributed by atoms with E-state index < -0.39 is 0 Å². The molecular weight excluding hydrogens is 284 g/mol. The van der Waals surface area contributed by atoms with Gasteiger partial charge in [-0.25, -0.2) is 0 Å². The van der Waals surface area contributed by atoms with Gasteiger partial charge in [0.2, 0.25) is 0 Å². The SMILES string of the molecule is Cc1ccc(-c2cccc3c2C=C(c2ccc(C)s2)C3)cc1. The molecule has 0 spiro atoms. The summed E-state index contributed by atoms with van der Waals surface area (Å²) in [4.78, 5) is 2.79. The highest BCUT2D eigenvalue weighted by molar-refractivity contribution is 7.13. The summed E-state index contributed by atoms with van der Waals surface area (Å²) in [6.07, 6.45) is 3.44. The minimum absolute atomic E-state index is 1.05. The highest BCUT2D eigenvalue weighted by atomic mass is 32.1. The Morgan fingerprint density at radius 1 is 0.864 bits per heavy atom. The Hall–Kier alpha value is -2.12. The van der Waals surface area contributed by atoms with E-state index in [1.54, 1.807) is 0 Å². The maximum absolute atomic E-state index is 2.38. The van der Waals surface area contributed by atoms with Crippen LogP contribution in [0.5, 0.6) is 0 Å². The van der Waals surface area contributed by atoms with E-state index in [1.165, 1.54) is 43.1 Å². The summed E-state index contributed by atoms with van der Waals surface area (Å²) in [7, 11) is 0. The molecule has 0 nitrogen and oxygen atoms in total. The lowest BCUT2D eigenvalue weighted by Gasteiger charge is -2.08. The van der Waals surface area contributed by atoms with Crippen LogP contribution in [0.1, 0.15) is 26.4 Å². The zero-order valence-corrected chi connectivity index (χ0v) is 13.7. The first kappa shape index (κ1) is 13.5. The van der Waals surface area contributed by atoms with Gasteiger partial charge in [-0.05, 0) is 66.3 Å². The maximum atomic E-state index is 2.38. The van der Waals surface area contributed by atoms with Crippen LogP contribution in [-0.4, -0.2) is 0 Å². The van der Waals surface area contributed by atoms with Crippen LogP contribution in [0.25, 0.3) is 22.8 Å². The quantitative estimate of drug-likeness (QED) is 0.534. The first-order valence-electron chi connectivity index (χ1n) is 7.67. The Morgan fingerprint density at radius 3 is 2.41 bits per heavy atom. The van der Waals surface area contributed by atoms with Crippen LogP contribution in [0.4, 0.5) is 0 Å². The molecule has 0 amide bonds. The first-order chi connectivity index (χ1) is 10.7. The molecule has 3 aromatic rings. The minimum Gasteiger partial charge on any atom is -0.141 e. The summed E-state index contributed by atoms with van der Waals surface area (Å²) in [6, 6.07) is 20.0. The zero-order chi connectivity index (χ0) is 15.1. The van der Waals surface area contributed by atoms with Gasteiger partial charge < -0.3 is 0 Å². The van der Waals surface area contributed by atoms with E-state index in [1.807, 2.05) is 11.3 Å². The van der Waals surface area contributed by atoms with Gasteiger partial charge >= 0.3 is 0 Å². The fraction of sp³-hybridized carbons (Fsp3) is 0.143. The summed E-state index contributed by atoms with van der Waals surface area (Å²) in [6.45, 7) is 4.31. The van der Waals surface area contributed by atoms with Crippen LogP contribution in [0.2, 0.25) is 0 Å². The van der Waals surface area contributed by atoms with Gasteiger partial charge in [-0.1, -0.05) is 48.0 Å². The summed E-state index contributed by atoms with van der Waals surface area (Å²) >= 11 is 1.89. The second kappa shape index (κ2) is 5.26. The van der Waals surface area contributed by atoms with Crippen molar-refractivity contribution in [3.05, 3.63) is 81.0 Å². The highest BCUT2D eigenvalue weighted by Gasteiger charge is 2.18. The third-order valence-electron chi connectivity index (χ3n) is 4.32. The minimum atomic E-state index is 1.05. The van der Waals surface area contributed by atoms with E-state index in [9.17, 15) is 0 Å². The molecule has 0 radical (unpaired) electrons. The molecule has 1 aliphatic rings. The molecule has 1 aliphatic carbocycles. The standard InChI is InChI=1S/C21H18S/c1-14-6-9-16(10-7-14)19-5-3-4-17-12-18(13-20(17)19)21-11-8-15(2)22-21/h3-11,13H,12H2,1-2H3. The molecule has 1 aromatic heterocycles. The topological polar surface area (TPSA) is 0 Å². The molecular formula is C21H18S. The molecule has 1 heteroatoms. The normalized spacial score (nSPS) is 13.1. The van der Waals surface area contributed by atoms with Crippen molar-refractivity contribution in [3.8, 4) is 11.1 Å². The predicted molar refractivity (Wildman–Crippen MR) is 97.2 cm³/mol. The van der Waals surface area contributed by atoms with Crippen LogP contribution in [0.3, 0.4) is 0 Å². The van der Waals surface area contributed by atoms with Crippen molar-refractivity contribution in [2.24, 2.45) is 0 Å². The number of hydrogen-bond donors (Lipinski definition) is 0. The molecule has 0 unspecified atom stereocenters. The van der Waals surface area contributed by atoms with Crippen molar-refractivity contribution in [3.63, 3.8) is 0 Å². The number of fused-ring (bicyclic) bond motifs is 1. The third-order valence-corrected chi connectivity index (χ3v) is 5.39. The molecule has 0 atom stereocenters. The van der Waals surface area contributed by atoms with Crippen LogP contribution in [-0.2, 0) is 6.42 Å². The van der Waals surface area contributed by atoms with Crippen LogP contribution >= 0.6 is 11.3 Å². The number of thiophene rings is 1. The Morgan fingerprint density at radius 2 is 1.68 bits per heavy atom. The Kier molecular flexibility index (Phi) is 3.24. The lowest BCUT2D eigenvalue weighted by Crippen LogP contribution is -1.87. The predicted octanol–water partition coefficient (Wildman–Crippen LogP) is 6.13. The van der Waals surface area contributed by atoms with Gasteiger partial charge in [-0.15, -0.1) is 11.3 Å². The van der Waals surface area contributed by atoms with Gasteiger partial charge in [0.15, 0.2) is 0 Å². The number of rotatable bonds is 2. The molecule has 0 aliphatic heterocycles. The van der Waals surface area contributed by atoms with Crippen LogP contribution in [0.15, 0.2) is 54.6 Å². The van der Waals surface area contributed by atoms with E-state index >= 15 is 0 Å². The lowest BCUT2D eigenvalue weighted by atomic mass is 9.97. The molecule has 0 bridgehead atoms. The molecule has 1 heterocycles. The number of benzene rings is 2. The van der Waals surface area contributed by atoms with Crippen molar-refractivity contribution < 1.29 is 0 Å². The molecule has 4 rings (SSSR count). The largest absolute Gasteiger partial charge is 0.141 e. The molecule has 0 fully saturated rings. The second-order valence-corrected chi connectivity index (χ2v) is 7.29.